The zero-order chi connectivity index (χ0) is 14.5. The van der Waals surface area contributed by atoms with E-state index in [-0.39, 0.29) is 17.3 Å². The predicted molar refractivity (Wildman–Crippen MR) is 76.0 cm³/mol. The van der Waals surface area contributed by atoms with Crippen LogP contribution in [-0.2, 0) is 14.6 Å². The minimum absolute atomic E-state index is 0.0479. The maximum Gasteiger partial charge on any atom is 0.241 e. The molecule has 0 atom stereocenters. The fourth-order valence-corrected chi connectivity index (χ4v) is 2.66. The molecule has 0 unspecified atom stereocenters. The van der Waals surface area contributed by atoms with Gasteiger partial charge in [-0.05, 0) is 26.0 Å². The Morgan fingerprint density at radius 2 is 1.79 bits per heavy atom. The molecule has 1 aromatic rings. The van der Waals surface area contributed by atoms with Gasteiger partial charge in [-0.15, -0.1) is 0 Å². The highest BCUT2D eigenvalue weighted by Crippen LogP contribution is 2.20. The molecule has 0 bridgehead atoms. The van der Waals surface area contributed by atoms with Gasteiger partial charge in [-0.25, -0.2) is 8.42 Å². The largest absolute Gasteiger partial charge is 0.375 e. The predicted octanol–water partition coefficient (Wildman–Crippen LogP) is 1.37. The second kappa shape index (κ2) is 6.56. The number of amides is 1. The number of sulfone groups is 1. The van der Waals surface area contributed by atoms with Crippen molar-refractivity contribution in [3.8, 4) is 0 Å². The van der Waals surface area contributed by atoms with Gasteiger partial charge in [0.05, 0.1) is 17.1 Å². The fraction of sp³-hybridized carbons (Fsp3) is 0.462. The Labute approximate surface area is 114 Å². The van der Waals surface area contributed by atoms with Crippen LogP contribution < -0.4 is 5.32 Å². The number of nitrogens with zero attached hydrogens (tertiary/aromatic N) is 1. The van der Waals surface area contributed by atoms with Crippen LogP contribution in [0.1, 0.15) is 13.8 Å². The molecule has 1 N–H and O–H groups in total. The fourth-order valence-electron chi connectivity index (χ4n) is 1.79. The van der Waals surface area contributed by atoms with Crippen molar-refractivity contribution in [2.24, 2.45) is 0 Å². The molecule has 0 radical (unpaired) electrons. The van der Waals surface area contributed by atoms with Gasteiger partial charge in [-0.2, -0.15) is 0 Å². The summed E-state index contributed by atoms with van der Waals surface area (Å²) in [7, 11) is -3.30. The molecule has 1 aromatic carbocycles. The van der Waals surface area contributed by atoms with E-state index in [0.717, 1.165) is 6.26 Å². The lowest BCUT2D eigenvalue weighted by atomic mass is 10.3. The number of nitrogens with one attached hydrogen (secondary N) is 1. The van der Waals surface area contributed by atoms with E-state index in [2.05, 4.69) is 5.32 Å². The van der Waals surface area contributed by atoms with Crippen LogP contribution in [-0.4, -0.2) is 45.1 Å². The van der Waals surface area contributed by atoms with Gasteiger partial charge in [0.25, 0.3) is 0 Å². The number of hydrogen-bond acceptors (Lipinski definition) is 4. The molecule has 5 nitrogen and oxygen atoms in total. The Balaban J connectivity index is 2.82. The van der Waals surface area contributed by atoms with Crippen molar-refractivity contribution in [1.29, 1.82) is 0 Å². The first-order valence-electron chi connectivity index (χ1n) is 6.20. The molecule has 106 valence electrons. The summed E-state index contributed by atoms with van der Waals surface area (Å²) in [5.41, 5.74) is 0.463. The lowest BCUT2D eigenvalue weighted by Gasteiger charge is -2.19. The maximum absolute atomic E-state index is 11.9. The Kier molecular flexibility index (Phi) is 5.35. The van der Waals surface area contributed by atoms with E-state index in [0.29, 0.717) is 18.8 Å². The van der Waals surface area contributed by atoms with Crippen LogP contribution in [0.5, 0.6) is 0 Å². The standard InChI is InChI=1S/C13H20N2O3S/c1-4-15(5-2)13(16)10-14-11-8-6-7-9-12(11)19(3,17)18/h6-9,14H,4-5,10H2,1-3H3. The van der Waals surface area contributed by atoms with Crippen LogP contribution in [0.2, 0.25) is 0 Å². The lowest BCUT2D eigenvalue weighted by molar-refractivity contribution is -0.128. The molecule has 1 amide bonds. The zero-order valence-electron chi connectivity index (χ0n) is 11.5. The second-order valence-electron chi connectivity index (χ2n) is 4.19. The van der Waals surface area contributed by atoms with E-state index in [1.165, 1.54) is 6.07 Å². The molecular formula is C13H20N2O3S. The summed E-state index contributed by atoms with van der Waals surface area (Å²) in [5, 5.41) is 2.90. The van der Waals surface area contributed by atoms with Crippen molar-refractivity contribution < 1.29 is 13.2 Å². The van der Waals surface area contributed by atoms with Crippen molar-refractivity contribution in [2.75, 3.05) is 31.2 Å². The van der Waals surface area contributed by atoms with Crippen molar-refractivity contribution in [3.05, 3.63) is 24.3 Å². The molecule has 0 saturated carbocycles. The van der Waals surface area contributed by atoms with Crippen molar-refractivity contribution in [1.82, 2.24) is 4.90 Å². The number of carbonyl (C=O) groups excluding carboxylic acids is 1. The Morgan fingerprint density at radius 3 is 2.32 bits per heavy atom. The third-order valence-electron chi connectivity index (χ3n) is 2.83. The Bertz CT molecular complexity index is 537. The summed E-state index contributed by atoms with van der Waals surface area (Å²) in [5.74, 6) is -0.0479. The number of anilines is 1. The van der Waals surface area contributed by atoms with Crippen molar-refractivity contribution in [3.63, 3.8) is 0 Å². The normalized spacial score (nSPS) is 11.1. The first-order chi connectivity index (χ1) is 8.90. The summed E-state index contributed by atoms with van der Waals surface area (Å²) < 4.78 is 23.2. The summed E-state index contributed by atoms with van der Waals surface area (Å²) in [4.78, 5) is 13.8. The SMILES string of the molecule is CCN(CC)C(=O)CNc1ccccc1S(C)(=O)=O. The molecule has 0 fully saturated rings. The molecule has 0 aliphatic heterocycles. The Hall–Kier alpha value is -1.56. The number of likely N-dealkylation sites (N-methyl/N-ethyl adjacent to an activating group) is 1. The number of hydrogen-bond donors (Lipinski definition) is 1. The van der Waals surface area contributed by atoms with Crippen LogP contribution in [0.4, 0.5) is 5.69 Å². The third kappa shape index (κ3) is 4.24. The van der Waals surface area contributed by atoms with Gasteiger partial charge in [-0.3, -0.25) is 4.79 Å². The molecule has 19 heavy (non-hydrogen) atoms. The van der Waals surface area contributed by atoms with Crippen LogP contribution in [0.25, 0.3) is 0 Å². The van der Waals surface area contributed by atoms with E-state index < -0.39 is 9.84 Å². The molecule has 6 heteroatoms. The molecule has 0 aliphatic rings. The van der Waals surface area contributed by atoms with E-state index in [1.54, 1.807) is 23.1 Å². The van der Waals surface area contributed by atoms with E-state index in [4.69, 9.17) is 0 Å². The molecular weight excluding hydrogens is 264 g/mol. The van der Waals surface area contributed by atoms with Crippen LogP contribution in [0.3, 0.4) is 0 Å². The van der Waals surface area contributed by atoms with Gasteiger partial charge in [0, 0.05) is 19.3 Å². The number of carbonyl (C=O) groups is 1. The summed E-state index contributed by atoms with van der Waals surface area (Å²) in [6.07, 6.45) is 1.15. The van der Waals surface area contributed by atoms with Crippen LogP contribution in [0.15, 0.2) is 29.2 Å². The van der Waals surface area contributed by atoms with E-state index >= 15 is 0 Å². The number of benzene rings is 1. The molecule has 0 spiro atoms. The van der Waals surface area contributed by atoms with Crippen molar-refractivity contribution in [2.45, 2.75) is 18.7 Å². The van der Waals surface area contributed by atoms with Gasteiger partial charge >= 0.3 is 0 Å². The topological polar surface area (TPSA) is 66.5 Å². The Morgan fingerprint density at radius 1 is 1.21 bits per heavy atom. The first-order valence-corrected chi connectivity index (χ1v) is 8.10. The monoisotopic (exact) mass is 284 g/mol. The number of rotatable bonds is 6. The first kappa shape index (κ1) is 15.5. The van der Waals surface area contributed by atoms with Crippen LogP contribution in [0, 0.1) is 0 Å². The van der Waals surface area contributed by atoms with Gasteiger partial charge in [-0.1, -0.05) is 12.1 Å². The van der Waals surface area contributed by atoms with Gasteiger partial charge < -0.3 is 10.2 Å². The summed E-state index contributed by atoms with van der Waals surface area (Å²) >= 11 is 0. The maximum atomic E-state index is 11.9. The highest BCUT2D eigenvalue weighted by Gasteiger charge is 2.14. The zero-order valence-corrected chi connectivity index (χ0v) is 12.3. The molecule has 0 saturated heterocycles. The van der Waals surface area contributed by atoms with E-state index in [9.17, 15) is 13.2 Å². The smallest absolute Gasteiger partial charge is 0.241 e. The average Bonchev–Trinajstić information content (AvgIpc) is 2.37. The highest BCUT2D eigenvalue weighted by atomic mass is 32.2. The third-order valence-corrected chi connectivity index (χ3v) is 3.99. The molecule has 0 aliphatic carbocycles. The lowest BCUT2D eigenvalue weighted by Crippen LogP contribution is -2.35. The minimum atomic E-state index is -3.30. The molecule has 0 heterocycles. The summed E-state index contributed by atoms with van der Waals surface area (Å²) in [6, 6.07) is 6.58. The average molecular weight is 284 g/mol. The quantitative estimate of drug-likeness (QED) is 0.857. The van der Waals surface area contributed by atoms with Crippen molar-refractivity contribution >= 4 is 21.4 Å². The van der Waals surface area contributed by atoms with Gasteiger partial charge in [0.15, 0.2) is 9.84 Å². The molecule has 1 rings (SSSR count). The summed E-state index contributed by atoms with van der Waals surface area (Å²) in [6.45, 7) is 5.20. The minimum Gasteiger partial charge on any atom is -0.375 e. The van der Waals surface area contributed by atoms with E-state index in [1.807, 2.05) is 13.8 Å². The molecule has 0 aromatic heterocycles. The van der Waals surface area contributed by atoms with Gasteiger partial charge in [0.2, 0.25) is 5.91 Å². The number of para-hydroxylation sites is 1. The van der Waals surface area contributed by atoms with Gasteiger partial charge in [0.1, 0.15) is 0 Å². The highest BCUT2D eigenvalue weighted by molar-refractivity contribution is 7.90. The second-order valence-corrected chi connectivity index (χ2v) is 6.17. The van der Waals surface area contributed by atoms with Crippen LogP contribution >= 0.6 is 0 Å².